The summed E-state index contributed by atoms with van der Waals surface area (Å²) in [4.78, 5) is 20.5. The number of aryl methyl sites for hydroxylation is 2. The Kier molecular flexibility index (Phi) is 4.64. The molecule has 0 spiro atoms. The van der Waals surface area contributed by atoms with E-state index in [9.17, 15) is 4.79 Å². The van der Waals surface area contributed by atoms with E-state index in [1.165, 1.54) is 6.26 Å². The average Bonchev–Trinajstić information content (AvgIpc) is 3.41. The zero-order valence-electron chi connectivity index (χ0n) is 17.3. The summed E-state index contributed by atoms with van der Waals surface area (Å²) in [6, 6.07) is 23.9. The molecule has 2 heterocycles. The summed E-state index contributed by atoms with van der Waals surface area (Å²) in [6.07, 6.45) is 1.52. The maximum Gasteiger partial charge on any atom is 0.291 e. The lowest BCUT2D eigenvalue weighted by atomic mass is 10.0. The fourth-order valence-electron chi connectivity index (χ4n) is 3.70. The minimum Gasteiger partial charge on any atom is -0.459 e. The first-order chi connectivity index (χ1) is 15.1. The van der Waals surface area contributed by atoms with Crippen LogP contribution in [0, 0.1) is 13.8 Å². The number of hydrogen-bond donors (Lipinski definition) is 2. The number of imidazole rings is 1. The summed E-state index contributed by atoms with van der Waals surface area (Å²) in [6.45, 7) is 3.91. The van der Waals surface area contributed by atoms with Crippen molar-refractivity contribution in [2.75, 3.05) is 5.32 Å². The number of fused-ring (bicyclic) bond motifs is 1. The summed E-state index contributed by atoms with van der Waals surface area (Å²) in [5, 5.41) is 2.87. The number of para-hydroxylation sites is 1. The number of amides is 1. The summed E-state index contributed by atoms with van der Waals surface area (Å²) in [7, 11) is 0. The van der Waals surface area contributed by atoms with Gasteiger partial charge in [-0.1, -0.05) is 42.5 Å². The highest BCUT2D eigenvalue weighted by Crippen LogP contribution is 2.28. The van der Waals surface area contributed by atoms with Crippen LogP contribution in [0.1, 0.15) is 21.7 Å². The summed E-state index contributed by atoms with van der Waals surface area (Å²) in [5.41, 5.74) is 7.87. The van der Waals surface area contributed by atoms with Gasteiger partial charge in [0, 0.05) is 16.8 Å². The van der Waals surface area contributed by atoms with Crippen LogP contribution in [0.4, 0.5) is 5.69 Å². The van der Waals surface area contributed by atoms with E-state index in [0.29, 0.717) is 11.4 Å². The Bertz CT molecular complexity index is 1390. The van der Waals surface area contributed by atoms with E-state index in [1.807, 2.05) is 49.4 Å². The molecule has 0 aliphatic rings. The maximum absolute atomic E-state index is 12.3. The predicted octanol–water partition coefficient (Wildman–Crippen LogP) is 6.36. The highest BCUT2D eigenvalue weighted by molar-refractivity contribution is 6.03. The number of carbonyl (C=O) groups is 1. The standard InChI is InChI=1S/C26H21N3O2/c1-16-5-3-8-22-23(16)29-25(28-22)20-7-4-6-19(15-20)18-9-11-21(12-10-18)27-26(30)24-17(2)13-14-31-24/h3-15H,1-2H3,(H,27,30)(H,28,29). The van der Waals surface area contributed by atoms with E-state index >= 15 is 0 Å². The molecule has 2 N–H and O–H groups in total. The molecule has 5 aromatic rings. The summed E-state index contributed by atoms with van der Waals surface area (Å²) < 4.78 is 5.25. The van der Waals surface area contributed by atoms with Crippen LogP contribution >= 0.6 is 0 Å². The maximum atomic E-state index is 12.3. The number of hydrogen-bond acceptors (Lipinski definition) is 3. The SMILES string of the molecule is Cc1ccoc1C(=O)Nc1ccc(-c2cccc(-c3nc4c(C)cccc4[nH]3)c2)cc1. The summed E-state index contributed by atoms with van der Waals surface area (Å²) >= 11 is 0. The Hall–Kier alpha value is -4.12. The van der Waals surface area contributed by atoms with E-state index < -0.39 is 0 Å². The zero-order valence-corrected chi connectivity index (χ0v) is 17.3. The lowest BCUT2D eigenvalue weighted by Gasteiger charge is -2.07. The van der Waals surface area contributed by atoms with Crippen molar-refractivity contribution in [3.05, 3.63) is 95.9 Å². The van der Waals surface area contributed by atoms with Crippen LogP contribution < -0.4 is 5.32 Å². The summed E-state index contributed by atoms with van der Waals surface area (Å²) in [5.74, 6) is 0.930. The smallest absolute Gasteiger partial charge is 0.291 e. The lowest BCUT2D eigenvalue weighted by Crippen LogP contribution is -2.11. The number of nitrogens with zero attached hydrogens (tertiary/aromatic N) is 1. The quantitative estimate of drug-likeness (QED) is 0.364. The molecule has 5 rings (SSSR count). The third-order valence-corrected chi connectivity index (χ3v) is 5.39. The molecule has 0 bridgehead atoms. The van der Waals surface area contributed by atoms with Crippen molar-refractivity contribution in [2.45, 2.75) is 13.8 Å². The molecule has 0 saturated carbocycles. The molecule has 5 nitrogen and oxygen atoms in total. The average molecular weight is 407 g/mol. The van der Waals surface area contributed by atoms with Gasteiger partial charge in [-0.3, -0.25) is 4.79 Å². The van der Waals surface area contributed by atoms with Gasteiger partial charge < -0.3 is 14.7 Å². The normalized spacial score (nSPS) is 11.0. The molecule has 152 valence electrons. The Morgan fingerprint density at radius 3 is 2.39 bits per heavy atom. The Labute approximate surface area is 179 Å². The molecule has 1 amide bonds. The Morgan fingerprint density at radius 1 is 0.871 bits per heavy atom. The molecule has 5 heteroatoms. The number of benzene rings is 3. The second-order valence-electron chi connectivity index (χ2n) is 7.60. The van der Waals surface area contributed by atoms with Crippen LogP contribution in [0.5, 0.6) is 0 Å². The number of anilines is 1. The number of nitrogens with one attached hydrogen (secondary N) is 2. The van der Waals surface area contributed by atoms with Crippen LogP contribution in [0.25, 0.3) is 33.5 Å². The van der Waals surface area contributed by atoms with Gasteiger partial charge in [-0.2, -0.15) is 0 Å². The van der Waals surface area contributed by atoms with Gasteiger partial charge in [0.15, 0.2) is 5.76 Å². The van der Waals surface area contributed by atoms with Gasteiger partial charge in [0.05, 0.1) is 17.3 Å². The van der Waals surface area contributed by atoms with Crippen molar-refractivity contribution in [3.63, 3.8) is 0 Å². The zero-order chi connectivity index (χ0) is 21.4. The van der Waals surface area contributed by atoms with Crippen molar-refractivity contribution in [1.82, 2.24) is 9.97 Å². The number of rotatable bonds is 4. The van der Waals surface area contributed by atoms with Crippen LogP contribution in [0.2, 0.25) is 0 Å². The van der Waals surface area contributed by atoms with Gasteiger partial charge in [-0.15, -0.1) is 0 Å². The second-order valence-corrected chi connectivity index (χ2v) is 7.60. The fourth-order valence-corrected chi connectivity index (χ4v) is 3.70. The predicted molar refractivity (Wildman–Crippen MR) is 123 cm³/mol. The largest absolute Gasteiger partial charge is 0.459 e. The van der Waals surface area contributed by atoms with Gasteiger partial charge in [-0.05, 0) is 60.9 Å². The highest BCUT2D eigenvalue weighted by atomic mass is 16.3. The number of aromatic amines is 1. The third-order valence-electron chi connectivity index (χ3n) is 5.39. The molecule has 0 atom stereocenters. The van der Waals surface area contributed by atoms with E-state index in [2.05, 4.69) is 41.5 Å². The lowest BCUT2D eigenvalue weighted by molar-refractivity contribution is 0.0996. The first-order valence-electron chi connectivity index (χ1n) is 10.1. The highest BCUT2D eigenvalue weighted by Gasteiger charge is 2.13. The van der Waals surface area contributed by atoms with E-state index in [0.717, 1.165) is 44.7 Å². The minimum atomic E-state index is -0.252. The van der Waals surface area contributed by atoms with Gasteiger partial charge in [0.2, 0.25) is 0 Å². The first-order valence-corrected chi connectivity index (χ1v) is 10.1. The molecule has 0 radical (unpaired) electrons. The number of H-pyrrole nitrogens is 1. The molecule has 0 saturated heterocycles. The van der Waals surface area contributed by atoms with Crippen LogP contribution in [-0.4, -0.2) is 15.9 Å². The molecule has 0 aliphatic heterocycles. The van der Waals surface area contributed by atoms with Gasteiger partial charge in [-0.25, -0.2) is 4.98 Å². The van der Waals surface area contributed by atoms with Gasteiger partial charge >= 0.3 is 0 Å². The molecule has 0 aliphatic carbocycles. The van der Waals surface area contributed by atoms with Gasteiger partial charge in [0.1, 0.15) is 5.82 Å². The van der Waals surface area contributed by atoms with Crippen LogP contribution in [-0.2, 0) is 0 Å². The fraction of sp³-hybridized carbons (Fsp3) is 0.0769. The van der Waals surface area contributed by atoms with Crippen LogP contribution in [0.3, 0.4) is 0 Å². The first kappa shape index (κ1) is 18.9. The molecule has 0 fully saturated rings. The molecule has 0 unspecified atom stereocenters. The molecule has 3 aromatic carbocycles. The van der Waals surface area contributed by atoms with Crippen LogP contribution in [0.15, 0.2) is 83.5 Å². The molecule has 31 heavy (non-hydrogen) atoms. The van der Waals surface area contributed by atoms with Gasteiger partial charge in [0.25, 0.3) is 5.91 Å². The Morgan fingerprint density at radius 2 is 1.65 bits per heavy atom. The van der Waals surface area contributed by atoms with E-state index in [4.69, 9.17) is 9.40 Å². The topological polar surface area (TPSA) is 70.9 Å². The monoisotopic (exact) mass is 407 g/mol. The van der Waals surface area contributed by atoms with Crippen molar-refractivity contribution < 1.29 is 9.21 Å². The third kappa shape index (κ3) is 3.62. The molecule has 2 aromatic heterocycles. The van der Waals surface area contributed by atoms with E-state index in [-0.39, 0.29) is 5.91 Å². The van der Waals surface area contributed by atoms with Crippen molar-refractivity contribution in [2.24, 2.45) is 0 Å². The molecular weight excluding hydrogens is 386 g/mol. The molecular formula is C26H21N3O2. The van der Waals surface area contributed by atoms with Crippen molar-refractivity contribution in [3.8, 4) is 22.5 Å². The Balaban J connectivity index is 1.40. The minimum absolute atomic E-state index is 0.252. The van der Waals surface area contributed by atoms with Crippen molar-refractivity contribution >= 4 is 22.6 Å². The number of carbonyl (C=O) groups excluding carboxylic acids is 1. The van der Waals surface area contributed by atoms with Crippen molar-refractivity contribution in [1.29, 1.82) is 0 Å². The van der Waals surface area contributed by atoms with E-state index in [1.54, 1.807) is 6.07 Å². The second kappa shape index (κ2) is 7.61. The number of furan rings is 1. The number of aromatic nitrogens is 2.